The lowest BCUT2D eigenvalue weighted by Gasteiger charge is -2.42. The molecule has 0 bridgehead atoms. The predicted molar refractivity (Wildman–Crippen MR) is 113 cm³/mol. The van der Waals surface area contributed by atoms with Crippen LogP contribution in [-0.2, 0) is 4.79 Å². The molecule has 0 spiro atoms. The van der Waals surface area contributed by atoms with E-state index in [4.69, 9.17) is 4.42 Å². The summed E-state index contributed by atoms with van der Waals surface area (Å²) >= 11 is 0. The van der Waals surface area contributed by atoms with E-state index in [-0.39, 0.29) is 11.8 Å². The van der Waals surface area contributed by atoms with E-state index in [9.17, 15) is 14.7 Å². The van der Waals surface area contributed by atoms with Crippen molar-refractivity contribution in [3.8, 4) is 0 Å². The quantitative estimate of drug-likeness (QED) is 0.680. The molecule has 0 radical (unpaired) electrons. The van der Waals surface area contributed by atoms with Crippen LogP contribution in [0.2, 0.25) is 0 Å². The number of pyridine rings is 1. The second-order valence-corrected chi connectivity index (χ2v) is 9.22. The Hall–Kier alpha value is -2.41. The summed E-state index contributed by atoms with van der Waals surface area (Å²) in [6.45, 7) is 4.11. The second kappa shape index (κ2) is 8.76. The first-order valence-corrected chi connectivity index (χ1v) is 11.0. The van der Waals surface area contributed by atoms with E-state index in [0.717, 1.165) is 57.0 Å². The molecule has 3 heterocycles. The lowest BCUT2D eigenvalue weighted by molar-refractivity contribution is -0.137. The number of hydrogen-bond acceptors (Lipinski definition) is 5. The molecule has 1 aliphatic carbocycles. The van der Waals surface area contributed by atoms with Gasteiger partial charge in [-0.15, -0.1) is 0 Å². The van der Waals surface area contributed by atoms with Crippen LogP contribution in [0.25, 0.3) is 11.0 Å². The van der Waals surface area contributed by atoms with Gasteiger partial charge in [0.05, 0.1) is 11.8 Å². The lowest BCUT2D eigenvalue weighted by Crippen LogP contribution is -2.45. The number of amides is 2. The topological polar surface area (TPSA) is 95.7 Å². The van der Waals surface area contributed by atoms with Crippen LogP contribution in [0.1, 0.15) is 62.4 Å². The number of fused-ring (bicyclic) bond motifs is 1. The van der Waals surface area contributed by atoms with Gasteiger partial charge in [-0.05, 0) is 69.4 Å². The summed E-state index contributed by atoms with van der Waals surface area (Å²) in [4.78, 5) is 30.7. The van der Waals surface area contributed by atoms with E-state index in [1.807, 2.05) is 17.9 Å². The minimum atomic E-state index is -0.561. The zero-order chi connectivity index (χ0) is 21.1. The molecule has 0 unspecified atom stereocenters. The van der Waals surface area contributed by atoms with Crippen molar-refractivity contribution in [1.29, 1.82) is 0 Å². The van der Waals surface area contributed by atoms with Crippen molar-refractivity contribution >= 4 is 22.8 Å². The largest absolute Gasteiger partial charge is 0.449 e. The van der Waals surface area contributed by atoms with E-state index in [1.165, 1.54) is 0 Å². The number of piperidine rings is 1. The number of rotatable bonds is 7. The number of likely N-dealkylation sites (tertiary alicyclic amines) is 1. The van der Waals surface area contributed by atoms with E-state index in [0.29, 0.717) is 36.1 Å². The molecule has 162 valence electrons. The van der Waals surface area contributed by atoms with Gasteiger partial charge in [-0.3, -0.25) is 14.6 Å². The van der Waals surface area contributed by atoms with Crippen molar-refractivity contribution in [2.75, 3.05) is 19.6 Å². The highest BCUT2D eigenvalue weighted by atomic mass is 16.3. The average molecular weight is 414 g/mol. The number of aliphatic hydroxyl groups is 1. The van der Waals surface area contributed by atoms with Crippen LogP contribution in [0, 0.1) is 11.8 Å². The maximum atomic E-state index is 12.4. The normalized spacial score (nSPS) is 24.6. The van der Waals surface area contributed by atoms with Gasteiger partial charge in [0.2, 0.25) is 5.91 Å². The molecular weight excluding hydrogens is 382 g/mol. The highest BCUT2D eigenvalue weighted by Gasteiger charge is 2.39. The summed E-state index contributed by atoms with van der Waals surface area (Å²) < 4.78 is 5.54. The van der Waals surface area contributed by atoms with Gasteiger partial charge < -0.3 is 19.7 Å². The Morgan fingerprint density at radius 2 is 2.07 bits per heavy atom. The third-order valence-corrected chi connectivity index (χ3v) is 6.51. The highest BCUT2D eigenvalue weighted by molar-refractivity contribution is 5.95. The standard InChI is InChI=1S/C23H31N3O4/c1-23(29)13-17(14-23)11-21(27)26-9-5-16(6-10-26)3-2-7-25-22(28)19-12-18-4-8-24-15-20(18)30-19/h4,8,12,15-17,29H,2-3,5-7,9-11,13-14H2,1H3,(H,25,28). The average Bonchev–Trinajstić information content (AvgIpc) is 3.14. The maximum absolute atomic E-state index is 12.4. The van der Waals surface area contributed by atoms with E-state index in [1.54, 1.807) is 18.5 Å². The Kier molecular flexibility index (Phi) is 6.09. The highest BCUT2D eigenvalue weighted by Crippen LogP contribution is 2.39. The summed E-state index contributed by atoms with van der Waals surface area (Å²) in [6, 6.07) is 3.56. The summed E-state index contributed by atoms with van der Waals surface area (Å²) in [7, 11) is 0. The van der Waals surface area contributed by atoms with Gasteiger partial charge in [-0.1, -0.05) is 0 Å². The predicted octanol–water partition coefficient (Wildman–Crippen LogP) is 3.13. The van der Waals surface area contributed by atoms with E-state index in [2.05, 4.69) is 10.3 Å². The number of carbonyl (C=O) groups excluding carboxylic acids is 2. The third-order valence-electron chi connectivity index (χ3n) is 6.51. The van der Waals surface area contributed by atoms with Gasteiger partial charge in [-0.25, -0.2) is 0 Å². The van der Waals surface area contributed by atoms with Crippen molar-refractivity contribution in [3.63, 3.8) is 0 Å². The van der Waals surface area contributed by atoms with Crippen LogP contribution in [0.15, 0.2) is 28.9 Å². The number of hydrogen-bond donors (Lipinski definition) is 2. The zero-order valence-corrected chi connectivity index (χ0v) is 17.6. The van der Waals surface area contributed by atoms with Gasteiger partial charge in [0, 0.05) is 37.6 Å². The molecule has 30 heavy (non-hydrogen) atoms. The number of carbonyl (C=O) groups is 2. The zero-order valence-electron chi connectivity index (χ0n) is 17.6. The minimum Gasteiger partial charge on any atom is -0.449 e. The molecule has 0 aromatic carbocycles. The van der Waals surface area contributed by atoms with E-state index >= 15 is 0 Å². The Bertz CT molecular complexity index is 858. The van der Waals surface area contributed by atoms with Crippen LogP contribution < -0.4 is 5.32 Å². The lowest BCUT2D eigenvalue weighted by atomic mass is 9.70. The Morgan fingerprint density at radius 1 is 1.30 bits per heavy atom. The van der Waals surface area contributed by atoms with Crippen LogP contribution in [0.5, 0.6) is 0 Å². The number of nitrogens with zero attached hydrogens (tertiary/aromatic N) is 2. The van der Waals surface area contributed by atoms with Crippen molar-refractivity contribution < 1.29 is 19.1 Å². The molecule has 7 heteroatoms. The SMILES string of the molecule is CC1(O)CC(CC(=O)N2CCC(CCCNC(=O)c3cc4ccncc4o3)CC2)C1. The molecule has 2 amide bonds. The monoisotopic (exact) mass is 413 g/mol. The molecule has 2 N–H and O–H groups in total. The van der Waals surface area contributed by atoms with Gasteiger partial charge in [0.15, 0.2) is 11.3 Å². The molecule has 0 atom stereocenters. The molecule has 2 aromatic rings. The number of nitrogens with one attached hydrogen (secondary N) is 1. The fourth-order valence-electron chi connectivity index (χ4n) is 4.85. The molecule has 1 saturated heterocycles. The Labute approximate surface area is 176 Å². The summed E-state index contributed by atoms with van der Waals surface area (Å²) in [5.41, 5.74) is 0.0567. The molecule has 4 rings (SSSR count). The molecule has 1 aliphatic heterocycles. The van der Waals surface area contributed by atoms with E-state index < -0.39 is 5.60 Å². The number of aromatic nitrogens is 1. The maximum Gasteiger partial charge on any atom is 0.287 e. The van der Waals surface area contributed by atoms with Crippen LogP contribution in [0.3, 0.4) is 0 Å². The molecule has 2 aromatic heterocycles. The van der Waals surface area contributed by atoms with Crippen molar-refractivity contribution in [2.45, 2.75) is 57.5 Å². The van der Waals surface area contributed by atoms with Gasteiger partial charge in [0.1, 0.15) is 0 Å². The fraction of sp³-hybridized carbons (Fsp3) is 0.609. The molecular formula is C23H31N3O4. The van der Waals surface area contributed by atoms with Crippen LogP contribution in [-0.4, -0.2) is 52.0 Å². The van der Waals surface area contributed by atoms with Crippen molar-refractivity contribution in [3.05, 3.63) is 30.3 Å². The minimum absolute atomic E-state index is 0.193. The third kappa shape index (κ3) is 5.01. The molecule has 7 nitrogen and oxygen atoms in total. The molecule has 1 saturated carbocycles. The summed E-state index contributed by atoms with van der Waals surface area (Å²) in [5, 5.41) is 13.6. The summed E-state index contributed by atoms with van der Waals surface area (Å²) in [5.74, 6) is 1.31. The van der Waals surface area contributed by atoms with Gasteiger partial charge >= 0.3 is 0 Å². The number of furan rings is 1. The first-order valence-electron chi connectivity index (χ1n) is 11.0. The van der Waals surface area contributed by atoms with Crippen molar-refractivity contribution in [2.24, 2.45) is 11.8 Å². The Morgan fingerprint density at radius 3 is 2.77 bits per heavy atom. The molecule has 2 fully saturated rings. The van der Waals surface area contributed by atoms with Gasteiger partial charge in [0.25, 0.3) is 5.91 Å². The second-order valence-electron chi connectivity index (χ2n) is 9.22. The smallest absolute Gasteiger partial charge is 0.287 e. The fourth-order valence-corrected chi connectivity index (χ4v) is 4.85. The summed E-state index contributed by atoms with van der Waals surface area (Å²) in [6.07, 6.45) is 9.37. The first-order chi connectivity index (χ1) is 14.4. The van der Waals surface area contributed by atoms with Crippen molar-refractivity contribution in [1.82, 2.24) is 15.2 Å². The van der Waals surface area contributed by atoms with Crippen LogP contribution >= 0.6 is 0 Å². The van der Waals surface area contributed by atoms with Crippen LogP contribution in [0.4, 0.5) is 0 Å². The molecule has 2 aliphatic rings. The van der Waals surface area contributed by atoms with Gasteiger partial charge in [-0.2, -0.15) is 0 Å². The Balaban J connectivity index is 1.11. The first kappa shape index (κ1) is 20.8.